The second-order valence-electron chi connectivity index (χ2n) is 5.35. The van der Waals surface area contributed by atoms with Crippen LogP contribution in [0, 0.1) is 0 Å². The summed E-state index contributed by atoms with van der Waals surface area (Å²) in [6, 6.07) is 0. The largest absolute Gasteiger partial charge is 0.384 e. The van der Waals surface area contributed by atoms with Crippen LogP contribution in [-0.4, -0.2) is 53.2 Å². The summed E-state index contributed by atoms with van der Waals surface area (Å²) in [6.45, 7) is 0. The highest BCUT2D eigenvalue weighted by Gasteiger charge is 2.60. The van der Waals surface area contributed by atoms with Gasteiger partial charge in [-0.1, -0.05) is 22.6 Å². The number of ether oxygens (including phenoxy) is 1. The van der Waals surface area contributed by atoms with Crippen molar-refractivity contribution in [1.29, 1.82) is 0 Å². The third kappa shape index (κ3) is 3.99. The van der Waals surface area contributed by atoms with E-state index in [-0.39, 0.29) is 5.56 Å². The van der Waals surface area contributed by atoms with Crippen LogP contribution in [0.4, 0.5) is 8.78 Å². The van der Waals surface area contributed by atoms with Crippen LogP contribution in [0.1, 0.15) is 11.8 Å². The van der Waals surface area contributed by atoms with Crippen molar-refractivity contribution >= 4 is 36.3 Å². The normalized spacial score (nSPS) is 25.8. The third-order valence-electron chi connectivity index (χ3n) is 3.83. The zero-order valence-corrected chi connectivity index (χ0v) is 16.6. The van der Waals surface area contributed by atoms with Crippen LogP contribution in [0.15, 0.2) is 19.9 Å². The SMILES string of the molecule is COP(=O)(C[C@H]1O[C@@H](n2cc(/C=C/I)c(=O)[nH]c2=O)C(F)(F)[C@@H]1O)OC. The molecule has 1 saturated heterocycles. The lowest BCUT2D eigenvalue weighted by Gasteiger charge is -2.21. The fraction of sp³-hybridized carbons (Fsp3) is 0.538. The molecule has 1 aliphatic rings. The Morgan fingerprint density at radius 2 is 2.08 bits per heavy atom. The van der Waals surface area contributed by atoms with Crippen LogP contribution in [-0.2, 0) is 18.3 Å². The predicted molar refractivity (Wildman–Crippen MR) is 95.7 cm³/mol. The Labute approximate surface area is 159 Å². The van der Waals surface area contributed by atoms with E-state index in [9.17, 15) is 28.0 Å². The van der Waals surface area contributed by atoms with Crippen LogP contribution in [0.25, 0.3) is 6.08 Å². The molecule has 26 heavy (non-hydrogen) atoms. The molecule has 2 rings (SSSR count). The number of rotatable bonds is 6. The van der Waals surface area contributed by atoms with E-state index in [1.807, 2.05) is 27.6 Å². The van der Waals surface area contributed by atoms with Crippen molar-refractivity contribution in [3.05, 3.63) is 36.7 Å². The van der Waals surface area contributed by atoms with Crippen molar-refractivity contribution in [2.45, 2.75) is 24.4 Å². The highest BCUT2D eigenvalue weighted by atomic mass is 127. The summed E-state index contributed by atoms with van der Waals surface area (Å²) < 4.78 is 57.5. The van der Waals surface area contributed by atoms with E-state index in [4.69, 9.17) is 4.74 Å². The number of nitrogens with zero attached hydrogens (tertiary/aromatic N) is 1. The molecule has 146 valence electrons. The molecule has 0 saturated carbocycles. The zero-order valence-electron chi connectivity index (χ0n) is 13.6. The molecule has 1 aromatic heterocycles. The molecule has 0 unspecified atom stereocenters. The van der Waals surface area contributed by atoms with Crippen molar-refractivity contribution in [3.63, 3.8) is 0 Å². The highest BCUT2D eigenvalue weighted by Crippen LogP contribution is 2.52. The molecule has 3 atom stereocenters. The van der Waals surface area contributed by atoms with Gasteiger partial charge in [0, 0.05) is 20.4 Å². The number of alkyl halides is 2. The van der Waals surface area contributed by atoms with Gasteiger partial charge in [0.15, 0.2) is 0 Å². The number of hydrogen-bond donors (Lipinski definition) is 2. The van der Waals surface area contributed by atoms with E-state index in [1.165, 1.54) is 10.2 Å². The van der Waals surface area contributed by atoms with Gasteiger partial charge in [-0.15, -0.1) is 0 Å². The van der Waals surface area contributed by atoms with E-state index in [1.54, 1.807) is 0 Å². The molecule has 0 bridgehead atoms. The smallest absolute Gasteiger partial charge is 0.332 e. The predicted octanol–water partition coefficient (Wildman–Crippen LogP) is 1.32. The molecule has 0 amide bonds. The maximum absolute atomic E-state index is 14.5. The first kappa shape index (κ1) is 21.4. The molecule has 1 aliphatic heterocycles. The van der Waals surface area contributed by atoms with Crippen LogP contribution in [0.3, 0.4) is 0 Å². The van der Waals surface area contributed by atoms with E-state index in [0.717, 1.165) is 20.4 Å². The molecule has 1 aromatic rings. The van der Waals surface area contributed by atoms with Gasteiger partial charge in [-0.3, -0.25) is 18.9 Å². The van der Waals surface area contributed by atoms with Crippen molar-refractivity contribution in [1.82, 2.24) is 9.55 Å². The minimum atomic E-state index is -3.90. The second-order valence-corrected chi connectivity index (χ2v) is 8.38. The Morgan fingerprint density at radius 3 is 2.62 bits per heavy atom. The lowest BCUT2D eigenvalue weighted by atomic mass is 10.1. The van der Waals surface area contributed by atoms with Crippen molar-refractivity contribution in [3.8, 4) is 0 Å². The van der Waals surface area contributed by atoms with Gasteiger partial charge >= 0.3 is 19.2 Å². The molecule has 0 spiro atoms. The Morgan fingerprint density at radius 1 is 1.46 bits per heavy atom. The quantitative estimate of drug-likeness (QED) is 0.440. The summed E-state index contributed by atoms with van der Waals surface area (Å²) in [5.74, 6) is -3.90. The van der Waals surface area contributed by atoms with E-state index in [0.29, 0.717) is 4.57 Å². The van der Waals surface area contributed by atoms with Gasteiger partial charge < -0.3 is 18.9 Å². The highest BCUT2D eigenvalue weighted by molar-refractivity contribution is 14.1. The minimum absolute atomic E-state index is 0.0594. The molecule has 0 aromatic carbocycles. The Hall–Kier alpha value is -0.920. The van der Waals surface area contributed by atoms with E-state index >= 15 is 0 Å². The summed E-state index contributed by atoms with van der Waals surface area (Å²) in [4.78, 5) is 25.6. The summed E-state index contributed by atoms with van der Waals surface area (Å²) in [5.41, 5.74) is -1.96. The number of H-pyrrole nitrogens is 1. The average Bonchev–Trinajstić information content (AvgIpc) is 2.81. The van der Waals surface area contributed by atoms with Crippen molar-refractivity contribution < 1.29 is 32.2 Å². The van der Waals surface area contributed by atoms with Crippen molar-refractivity contribution in [2.75, 3.05) is 20.4 Å². The Balaban J connectivity index is 2.45. The molecular formula is C13H16F2IN2O7P. The molecule has 1 fully saturated rings. The fourth-order valence-corrected chi connectivity index (χ4v) is 3.99. The summed E-state index contributed by atoms with van der Waals surface area (Å²) in [5, 5.41) is 9.91. The van der Waals surface area contributed by atoms with Gasteiger partial charge in [-0.25, -0.2) is 4.79 Å². The topological polar surface area (TPSA) is 120 Å². The lowest BCUT2D eigenvalue weighted by Crippen LogP contribution is -2.43. The lowest BCUT2D eigenvalue weighted by molar-refractivity contribution is -0.140. The minimum Gasteiger partial charge on any atom is -0.384 e. The molecule has 0 radical (unpaired) electrons. The number of nitrogens with one attached hydrogen (secondary N) is 1. The molecule has 2 heterocycles. The maximum Gasteiger partial charge on any atom is 0.332 e. The third-order valence-corrected chi connectivity index (χ3v) is 6.11. The zero-order chi connectivity index (χ0) is 19.7. The Kier molecular flexibility index (Phi) is 6.57. The van der Waals surface area contributed by atoms with Gasteiger partial charge in [0.25, 0.3) is 5.56 Å². The Bertz CT molecular complexity index is 848. The first-order valence-corrected chi connectivity index (χ1v) is 10.1. The van der Waals surface area contributed by atoms with E-state index in [2.05, 4.69) is 9.05 Å². The van der Waals surface area contributed by atoms with Gasteiger partial charge in [-0.05, 0) is 10.2 Å². The second kappa shape index (κ2) is 7.98. The van der Waals surface area contributed by atoms with Gasteiger partial charge in [-0.2, -0.15) is 8.78 Å². The monoisotopic (exact) mass is 508 g/mol. The first-order valence-electron chi connectivity index (χ1n) is 7.13. The number of aromatic nitrogens is 2. The van der Waals surface area contributed by atoms with Gasteiger partial charge in [0.05, 0.1) is 11.7 Å². The molecule has 13 heteroatoms. The standard InChI is InChI=1S/C13H16F2IN2O7P/c1-23-26(22,24-2)6-8-9(19)13(14,15)11(25-8)18-5-7(3-4-16)10(20)17-12(18)21/h3-5,8-9,11,19H,6H2,1-2H3,(H,17,20,21)/b4-3+/t8-,9-,11-/m1/s1. The molecule has 2 N–H and O–H groups in total. The number of hydrogen-bond acceptors (Lipinski definition) is 7. The summed E-state index contributed by atoms with van der Waals surface area (Å²) >= 11 is 1.81. The summed E-state index contributed by atoms with van der Waals surface area (Å²) in [7, 11) is -1.63. The van der Waals surface area contributed by atoms with E-state index < -0.39 is 49.4 Å². The van der Waals surface area contributed by atoms with Gasteiger partial charge in [0.2, 0.25) is 6.23 Å². The number of aliphatic hydroxyl groups excluding tert-OH is 1. The van der Waals surface area contributed by atoms with Crippen LogP contribution in [0.2, 0.25) is 0 Å². The fourth-order valence-electron chi connectivity index (χ4n) is 2.42. The number of halogens is 3. The molecular weight excluding hydrogens is 492 g/mol. The van der Waals surface area contributed by atoms with Crippen LogP contribution < -0.4 is 11.2 Å². The van der Waals surface area contributed by atoms with Crippen LogP contribution in [0.5, 0.6) is 0 Å². The summed E-state index contributed by atoms with van der Waals surface area (Å²) in [6.07, 6.45) is -4.64. The van der Waals surface area contributed by atoms with Crippen LogP contribution >= 0.6 is 30.2 Å². The first-order chi connectivity index (χ1) is 12.1. The average molecular weight is 508 g/mol. The maximum atomic E-state index is 14.5. The molecule has 9 nitrogen and oxygen atoms in total. The number of aromatic amines is 1. The van der Waals surface area contributed by atoms with Crippen molar-refractivity contribution in [2.24, 2.45) is 0 Å². The number of aliphatic hydroxyl groups is 1. The van der Waals surface area contributed by atoms with Gasteiger partial charge in [0.1, 0.15) is 12.2 Å². The molecule has 0 aliphatic carbocycles.